The van der Waals surface area contributed by atoms with E-state index in [1.807, 2.05) is 12.1 Å². The molecule has 0 saturated carbocycles. The maximum Gasteiger partial charge on any atom is 0.119 e. The molecule has 0 spiro atoms. The Hall–Kier alpha value is -1.06. The molecule has 1 atom stereocenters. The number of ether oxygens (including phenoxy) is 1. The summed E-state index contributed by atoms with van der Waals surface area (Å²) in [5.41, 5.74) is 1.25. The predicted molar refractivity (Wildman–Crippen MR) is 75.0 cm³/mol. The van der Waals surface area contributed by atoms with Gasteiger partial charge in [-0.1, -0.05) is 25.0 Å². The SMILES string of the molecule is COc1cccc([C@H](C)NCCCCCCO)c1. The molecule has 3 nitrogen and oxygen atoms in total. The fraction of sp³-hybridized carbons (Fsp3) is 0.600. The van der Waals surface area contributed by atoms with Gasteiger partial charge in [-0.05, 0) is 44.0 Å². The van der Waals surface area contributed by atoms with E-state index >= 15 is 0 Å². The van der Waals surface area contributed by atoms with Crippen molar-refractivity contribution in [1.82, 2.24) is 5.32 Å². The molecule has 0 fully saturated rings. The molecule has 1 aromatic carbocycles. The van der Waals surface area contributed by atoms with Crippen molar-refractivity contribution in [3.05, 3.63) is 29.8 Å². The molecular formula is C15H25NO2. The van der Waals surface area contributed by atoms with Gasteiger partial charge < -0.3 is 15.2 Å². The lowest BCUT2D eigenvalue weighted by Gasteiger charge is -2.15. The quantitative estimate of drug-likeness (QED) is 0.663. The first-order chi connectivity index (χ1) is 8.77. The number of unbranched alkanes of at least 4 members (excludes halogenated alkanes) is 3. The Morgan fingerprint density at radius 2 is 2.00 bits per heavy atom. The fourth-order valence-electron chi connectivity index (χ4n) is 1.94. The van der Waals surface area contributed by atoms with Crippen molar-refractivity contribution in [3.63, 3.8) is 0 Å². The van der Waals surface area contributed by atoms with E-state index in [1.54, 1.807) is 7.11 Å². The summed E-state index contributed by atoms with van der Waals surface area (Å²) in [5.74, 6) is 0.907. The first-order valence-electron chi connectivity index (χ1n) is 6.76. The molecule has 0 saturated heterocycles. The molecule has 2 N–H and O–H groups in total. The van der Waals surface area contributed by atoms with Crippen LogP contribution in [0.3, 0.4) is 0 Å². The highest BCUT2D eigenvalue weighted by molar-refractivity contribution is 5.30. The molecule has 0 aliphatic heterocycles. The molecule has 0 unspecified atom stereocenters. The van der Waals surface area contributed by atoms with Gasteiger partial charge in [0.1, 0.15) is 5.75 Å². The van der Waals surface area contributed by atoms with Gasteiger partial charge in [0.2, 0.25) is 0 Å². The van der Waals surface area contributed by atoms with Crippen LogP contribution in [0.1, 0.15) is 44.2 Å². The fourth-order valence-corrected chi connectivity index (χ4v) is 1.94. The summed E-state index contributed by atoms with van der Waals surface area (Å²) in [5, 5.41) is 12.2. The molecule has 0 bridgehead atoms. The van der Waals surface area contributed by atoms with Gasteiger partial charge >= 0.3 is 0 Å². The molecule has 0 amide bonds. The number of aliphatic hydroxyl groups excluding tert-OH is 1. The van der Waals surface area contributed by atoms with Crippen LogP contribution in [-0.4, -0.2) is 25.4 Å². The molecule has 0 aromatic heterocycles. The van der Waals surface area contributed by atoms with Crippen LogP contribution < -0.4 is 10.1 Å². The molecule has 1 aromatic rings. The van der Waals surface area contributed by atoms with E-state index < -0.39 is 0 Å². The number of hydrogen-bond acceptors (Lipinski definition) is 3. The number of benzene rings is 1. The Morgan fingerprint density at radius 3 is 2.72 bits per heavy atom. The van der Waals surface area contributed by atoms with Crippen molar-refractivity contribution in [2.45, 2.75) is 38.6 Å². The molecule has 1 rings (SSSR count). The Kier molecular flexibility index (Phi) is 7.46. The van der Waals surface area contributed by atoms with Crippen molar-refractivity contribution in [2.24, 2.45) is 0 Å². The Labute approximate surface area is 110 Å². The minimum atomic E-state index is 0.313. The molecular weight excluding hydrogens is 226 g/mol. The second-order valence-corrected chi connectivity index (χ2v) is 4.59. The average Bonchev–Trinajstić information content (AvgIpc) is 2.42. The first-order valence-corrected chi connectivity index (χ1v) is 6.76. The summed E-state index contributed by atoms with van der Waals surface area (Å²) in [7, 11) is 1.69. The third-order valence-corrected chi connectivity index (χ3v) is 3.13. The summed E-state index contributed by atoms with van der Waals surface area (Å²) >= 11 is 0. The topological polar surface area (TPSA) is 41.5 Å². The molecule has 0 heterocycles. The zero-order valence-corrected chi connectivity index (χ0v) is 11.5. The van der Waals surface area contributed by atoms with Crippen LogP contribution in [0.25, 0.3) is 0 Å². The zero-order valence-electron chi connectivity index (χ0n) is 11.5. The van der Waals surface area contributed by atoms with E-state index in [4.69, 9.17) is 9.84 Å². The van der Waals surface area contributed by atoms with Crippen LogP contribution in [0, 0.1) is 0 Å². The standard InChI is InChI=1S/C15H25NO2/c1-13(16-10-5-3-4-6-11-17)14-8-7-9-15(12-14)18-2/h7-9,12-13,16-17H,3-6,10-11H2,1-2H3/t13-/m0/s1. The van der Waals surface area contributed by atoms with E-state index in [9.17, 15) is 0 Å². The average molecular weight is 251 g/mol. The number of rotatable bonds is 9. The summed E-state index contributed by atoms with van der Waals surface area (Å²) in [6, 6.07) is 8.52. The molecule has 102 valence electrons. The number of methoxy groups -OCH3 is 1. The molecule has 3 heteroatoms. The third kappa shape index (κ3) is 5.52. The van der Waals surface area contributed by atoms with Crippen LogP contribution in [0.4, 0.5) is 0 Å². The van der Waals surface area contributed by atoms with Crippen LogP contribution >= 0.6 is 0 Å². The van der Waals surface area contributed by atoms with Gasteiger partial charge in [-0.15, -0.1) is 0 Å². The highest BCUT2D eigenvalue weighted by Crippen LogP contribution is 2.18. The Bertz CT molecular complexity index is 328. The minimum Gasteiger partial charge on any atom is -0.497 e. The van der Waals surface area contributed by atoms with Crippen molar-refractivity contribution in [3.8, 4) is 5.75 Å². The Morgan fingerprint density at radius 1 is 1.22 bits per heavy atom. The second-order valence-electron chi connectivity index (χ2n) is 4.59. The Balaban J connectivity index is 2.25. The molecule has 18 heavy (non-hydrogen) atoms. The maximum atomic E-state index is 8.68. The van der Waals surface area contributed by atoms with Crippen molar-refractivity contribution in [1.29, 1.82) is 0 Å². The summed E-state index contributed by atoms with van der Waals surface area (Å²) in [6.07, 6.45) is 4.38. The van der Waals surface area contributed by atoms with Gasteiger partial charge in [-0.2, -0.15) is 0 Å². The molecule has 0 aliphatic carbocycles. The van der Waals surface area contributed by atoms with Crippen LogP contribution in [0.15, 0.2) is 24.3 Å². The second kappa shape index (κ2) is 8.95. The summed E-state index contributed by atoms with van der Waals surface area (Å²) in [6.45, 7) is 3.50. The van der Waals surface area contributed by atoms with E-state index in [2.05, 4.69) is 24.4 Å². The van der Waals surface area contributed by atoms with Gasteiger partial charge in [-0.25, -0.2) is 0 Å². The van der Waals surface area contributed by atoms with Crippen LogP contribution in [-0.2, 0) is 0 Å². The minimum absolute atomic E-state index is 0.313. The van der Waals surface area contributed by atoms with E-state index in [1.165, 1.54) is 12.0 Å². The monoisotopic (exact) mass is 251 g/mol. The lowest BCUT2D eigenvalue weighted by molar-refractivity contribution is 0.282. The van der Waals surface area contributed by atoms with E-state index in [-0.39, 0.29) is 0 Å². The van der Waals surface area contributed by atoms with Crippen molar-refractivity contribution < 1.29 is 9.84 Å². The first kappa shape index (κ1) is 15.0. The number of aliphatic hydroxyl groups is 1. The predicted octanol–water partition coefficient (Wildman–Crippen LogP) is 2.90. The van der Waals surface area contributed by atoms with Gasteiger partial charge in [0, 0.05) is 12.6 Å². The highest BCUT2D eigenvalue weighted by atomic mass is 16.5. The largest absolute Gasteiger partial charge is 0.497 e. The van der Waals surface area contributed by atoms with Crippen molar-refractivity contribution in [2.75, 3.05) is 20.3 Å². The third-order valence-electron chi connectivity index (χ3n) is 3.13. The number of hydrogen-bond donors (Lipinski definition) is 2. The lowest BCUT2D eigenvalue weighted by atomic mass is 10.1. The van der Waals surface area contributed by atoms with Gasteiger partial charge in [0.05, 0.1) is 7.11 Å². The molecule has 0 aliphatic rings. The summed E-state index contributed by atoms with van der Waals surface area (Å²) < 4.78 is 5.22. The zero-order chi connectivity index (χ0) is 13.2. The van der Waals surface area contributed by atoms with Crippen LogP contribution in [0.5, 0.6) is 5.75 Å². The van der Waals surface area contributed by atoms with Crippen molar-refractivity contribution >= 4 is 0 Å². The highest BCUT2D eigenvalue weighted by Gasteiger charge is 2.04. The van der Waals surface area contributed by atoms with Crippen LogP contribution in [0.2, 0.25) is 0 Å². The molecule has 0 radical (unpaired) electrons. The van der Waals surface area contributed by atoms with E-state index in [0.29, 0.717) is 12.6 Å². The van der Waals surface area contributed by atoms with Gasteiger partial charge in [-0.3, -0.25) is 0 Å². The maximum absolute atomic E-state index is 8.68. The van der Waals surface area contributed by atoms with E-state index in [0.717, 1.165) is 31.6 Å². The summed E-state index contributed by atoms with van der Waals surface area (Å²) in [4.78, 5) is 0. The van der Waals surface area contributed by atoms with Gasteiger partial charge in [0.15, 0.2) is 0 Å². The smallest absolute Gasteiger partial charge is 0.119 e. The normalized spacial score (nSPS) is 12.4. The van der Waals surface area contributed by atoms with Gasteiger partial charge in [0.25, 0.3) is 0 Å². The lowest BCUT2D eigenvalue weighted by Crippen LogP contribution is -2.19. The number of nitrogens with one attached hydrogen (secondary N) is 1.